The van der Waals surface area contributed by atoms with E-state index in [1.165, 1.54) is 0 Å². The van der Waals surface area contributed by atoms with E-state index in [2.05, 4.69) is 0 Å². The Morgan fingerprint density at radius 2 is 1.79 bits per heavy atom. The van der Waals surface area contributed by atoms with Crippen molar-refractivity contribution in [3.8, 4) is 28.7 Å². The van der Waals surface area contributed by atoms with Gasteiger partial charge in [-0.1, -0.05) is 0 Å². The molecule has 0 aromatic heterocycles. The Balaban J connectivity index is 1.40. The number of amides is 1. The molecule has 2 atom stereocenters. The smallest absolute Gasteiger partial charge is 0.415 e. The largest absolute Gasteiger partial charge is 0.492 e. The Morgan fingerprint density at radius 3 is 2.57 bits per heavy atom. The summed E-state index contributed by atoms with van der Waals surface area (Å²) in [4.78, 5) is 13.8. The van der Waals surface area contributed by atoms with Crippen molar-refractivity contribution in [2.45, 2.75) is 25.9 Å². The zero-order chi connectivity index (χ0) is 19.3. The van der Waals surface area contributed by atoms with Gasteiger partial charge < -0.3 is 28.6 Å². The van der Waals surface area contributed by atoms with Gasteiger partial charge in [0.25, 0.3) is 0 Å². The molecule has 0 aliphatic carbocycles. The maximum atomic E-state index is 12.2. The molecule has 0 fully saturated rings. The van der Waals surface area contributed by atoms with Gasteiger partial charge in [0.15, 0.2) is 11.5 Å². The SMILES string of the molecule is CCN(CC)C(=O)Oc1ccc2c(c1)OC[C@H]1c3cc4c(cc3O[C@@H]21)OCO4. The number of fused-ring (bicyclic) bond motifs is 6. The van der Waals surface area contributed by atoms with Crippen LogP contribution in [-0.2, 0) is 0 Å². The van der Waals surface area contributed by atoms with E-state index in [0.717, 1.165) is 22.6 Å². The Labute approximate surface area is 162 Å². The quantitative estimate of drug-likeness (QED) is 0.802. The first-order valence-electron chi connectivity index (χ1n) is 9.51. The molecule has 7 nitrogen and oxygen atoms in total. The van der Waals surface area contributed by atoms with Crippen LogP contribution in [0.25, 0.3) is 0 Å². The summed E-state index contributed by atoms with van der Waals surface area (Å²) >= 11 is 0. The van der Waals surface area contributed by atoms with E-state index in [9.17, 15) is 4.79 Å². The first-order valence-corrected chi connectivity index (χ1v) is 9.51. The lowest BCUT2D eigenvalue weighted by Gasteiger charge is -2.28. The van der Waals surface area contributed by atoms with Crippen molar-refractivity contribution in [1.82, 2.24) is 4.90 Å². The third-order valence-electron chi connectivity index (χ3n) is 5.46. The highest BCUT2D eigenvalue weighted by Gasteiger charge is 2.42. The summed E-state index contributed by atoms with van der Waals surface area (Å²) < 4.78 is 28.6. The zero-order valence-electron chi connectivity index (χ0n) is 15.8. The number of benzene rings is 2. The van der Waals surface area contributed by atoms with E-state index in [1.807, 2.05) is 32.0 Å². The number of carbonyl (C=O) groups is 1. The van der Waals surface area contributed by atoms with Crippen LogP contribution in [0.15, 0.2) is 30.3 Å². The first kappa shape index (κ1) is 17.0. The summed E-state index contributed by atoms with van der Waals surface area (Å²) in [5.74, 6) is 3.47. The summed E-state index contributed by atoms with van der Waals surface area (Å²) in [7, 11) is 0. The fourth-order valence-corrected chi connectivity index (χ4v) is 3.94. The molecule has 3 aliphatic rings. The normalized spacial score (nSPS) is 20.4. The minimum absolute atomic E-state index is 0.0843. The van der Waals surface area contributed by atoms with E-state index in [1.54, 1.807) is 17.0 Å². The summed E-state index contributed by atoms with van der Waals surface area (Å²) in [6.07, 6.45) is -0.508. The molecule has 0 saturated carbocycles. The van der Waals surface area contributed by atoms with Crippen molar-refractivity contribution in [2.75, 3.05) is 26.5 Å². The van der Waals surface area contributed by atoms with Crippen LogP contribution >= 0.6 is 0 Å². The molecule has 7 heteroatoms. The summed E-state index contributed by atoms with van der Waals surface area (Å²) in [5, 5.41) is 0. The predicted molar refractivity (Wildman–Crippen MR) is 99.6 cm³/mol. The molecule has 146 valence electrons. The van der Waals surface area contributed by atoms with Gasteiger partial charge >= 0.3 is 6.09 Å². The monoisotopic (exact) mass is 383 g/mol. The third kappa shape index (κ3) is 2.61. The van der Waals surface area contributed by atoms with Gasteiger partial charge in [-0.3, -0.25) is 0 Å². The van der Waals surface area contributed by atoms with Gasteiger partial charge in [0, 0.05) is 36.3 Å². The number of rotatable bonds is 3. The Hall–Kier alpha value is -3.09. The lowest BCUT2D eigenvalue weighted by atomic mass is 9.89. The lowest BCUT2D eigenvalue weighted by molar-refractivity contribution is 0.137. The number of carbonyl (C=O) groups excluding carboxylic acids is 1. The number of ether oxygens (including phenoxy) is 5. The molecule has 3 heterocycles. The van der Waals surface area contributed by atoms with Crippen LogP contribution in [0.3, 0.4) is 0 Å². The summed E-state index contributed by atoms with van der Waals surface area (Å²) in [6, 6.07) is 9.31. The number of nitrogens with zero attached hydrogens (tertiary/aromatic N) is 1. The van der Waals surface area contributed by atoms with Crippen LogP contribution in [0.2, 0.25) is 0 Å². The summed E-state index contributed by atoms with van der Waals surface area (Å²) in [6.45, 7) is 5.76. The van der Waals surface area contributed by atoms with Gasteiger partial charge in [-0.05, 0) is 32.0 Å². The average Bonchev–Trinajstić information content (AvgIpc) is 3.30. The molecule has 0 N–H and O–H groups in total. The second-order valence-corrected chi connectivity index (χ2v) is 6.94. The van der Waals surface area contributed by atoms with Gasteiger partial charge in [0.2, 0.25) is 6.79 Å². The Kier molecular flexibility index (Phi) is 3.96. The van der Waals surface area contributed by atoms with Crippen molar-refractivity contribution >= 4 is 6.09 Å². The maximum Gasteiger partial charge on any atom is 0.415 e. The minimum atomic E-state index is -0.363. The molecule has 28 heavy (non-hydrogen) atoms. The van der Waals surface area contributed by atoms with Crippen LogP contribution in [0.5, 0.6) is 28.7 Å². The molecule has 1 amide bonds. The van der Waals surface area contributed by atoms with E-state index < -0.39 is 0 Å². The topological polar surface area (TPSA) is 66.5 Å². The second kappa shape index (κ2) is 6.51. The van der Waals surface area contributed by atoms with Gasteiger partial charge in [0.05, 0.1) is 12.5 Å². The third-order valence-corrected chi connectivity index (χ3v) is 5.46. The van der Waals surface area contributed by atoms with Gasteiger partial charge in [0.1, 0.15) is 23.4 Å². The molecule has 0 spiro atoms. The average molecular weight is 383 g/mol. The standard InChI is InChI=1S/C21H21NO6/c1-3-22(4-2)21(23)27-12-5-6-13-16(7-12)24-10-15-14-8-18-19(26-11-25-18)9-17(14)28-20(13)15/h5-9,15,20H,3-4,10-11H2,1-2H3/t15-,20-/m0/s1. The zero-order valence-corrected chi connectivity index (χ0v) is 15.8. The highest BCUT2D eigenvalue weighted by Crippen LogP contribution is 2.54. The molecule has 0 saturated heterocycles. The van der Waals surface area contributed by atoms with Crippen LogP contribution in [0, 0.1) is 0 Å². The van der Waals surface area contributed by atoms with Crippen molar-refractivity contribution in [3.63, 3.8) is 0 Å². The summed E-state index contributed by atoms with van der Waals surface area (Å²) in [5.41, 5.74) is 2.01. The molecule has 0 radical (unpaired) electrons. The van der Waals surface area contributed by atoms with E-state index in [4.69, 9.17) is 23.7 Å². The van der Waals surface area contributed by atoms with Crippen molar-refractivity contribution in [1.29, 1.82) is 0 Å². The van der Waals surface area contributed by atoms with Gasteiger partial charge in [-0.25, -0.2) is 4.79 Å². The van der Waals surface area contributed by atoms with Crippen LogP contribution in [-0.4, -0.2) is 37.5 Å². The lowest BCUT2D eigenvalue weighted by Crippen LogP contribution is -2.33. The van der Waals surface area contributed by atoms with Crippen LogP contribution in [0.4, 0.5) is 4.79 Å². The fraction of sp³-hybridized carbons (Fsp3) is 0.381. The minimum Gasteiger partial charge on any atom is -0.492 e. The van der Waals surface area contributed by atoms with E-state index in [-0.39, 0.29) is 24.9 Å². The molecular formula is C21H21NO6. The molecule has 2 aromatic rings. The van der Waals surface area contributed by atoms with Gasteiger partial charge in [-0.2, -0.15) is 0 Å². The Morgan fingerprint density at radius 1 is 1.00 bits per heavy atom. The van der Waals surface area contributed by atoms with Crippen LogP contribution in [0.1, 0.15) is 37.0 Å². The van der Waals surface area contributed by atoms with Crippen molar-refractivity contribution in [2.24, 2.45) is 0 Å². The van der Waals surface area contributed by atoms with E-state index >= 15 is 0 Å². The number of hydrogen-bond donors (Lipinski definition) is 0. The Bertz CT molecular complexity index is 939. The molecule has 0 unspecified atom stereocenters. The van der Waals surface area contributed by atoms with Gasteiger partial charge in [-0.15, -0.1) is 0 Å². The molecule has 5 rings (SSSR count). The second-order valence-electron chi connectivity index (χ2n) is 6.94. The maximum absolute atomic E-state index is 12.2. The predicted octanol–water partition coefficient (Wildman–Crippen LogP) is 3.87. The van der Waals surface area contributed by atoms with Crippen LogP contribution < -0.4 is 23.7 Å². The van der Waals surface area contributed by atoms with Crippen molar-refractivity contribution < 1.29 is 28.5 Å². The number of hydrogen-bond acceptors (Lipinski definition) is 6. The highest BCUT2D eigenvalue weighted by molar-refractivity contribution is 5.71. The molecule has 0 bridgehead atoms. The molecular weight excluding hydrogens is 362 g/mol. The molecule has 2 aromatic carbocycles. The van der Waals surface area contributed by atoms with E-state index in [0.29, 0.717) is 36.9 Å². The molecule has 3 aliphatic heterocycles. The fourth-order valence-electron chi connectivity index (χ4n) is 3.94. The van der Waals surface area contributed by atoms with Crippen molar-refractivity contribution in [3.05, 3.63) is 41.5 Å². The highest BCUT2D eigenvalue weighted by atomic mass is 16.7. The first-order chi connectivity index (χ1) is 13.7.